The third kappa shape index (κ3) is 3.81. The van der Waals surface area contributed by atoms with Crippen LogP contribution in [-0.4, -0.2) is 48.1 Å². The van der Waals surface area contributed by atoms with Crippen LogP contribution in [0.4, 0.5) is 0 Å². The van der Waals surface area contributed by atoms with Crippen LogP contribution in [0.25, 0.3) is 0 Å². The molecule has 0 aliphatic carbocycles. The molecule has 1 unspecified atom stereocenters. The number of nitrogens with zero attached hydrogens (tertiary/aromatic N) is 2. The van der Waals surface area contributed by atoms with Gasteiger partial charge in [0.15, 0.2) is 0 Å². The molecule has 112 valence electrons. The molecular formula is C17H29N3. The molecule has 1 aromatic rings. The van der Waals surface area contributed by atoms with Crippen LogP contribution < -0.4 is 5.73 Å². The molecule has 1 aromatic carbocycles. The molecule has 0 aromatic heterocycles. The van der Waals surface area contributed by atoms with Gasteiger partial charge in [0.1, 0.15) is 0 Å². The summed E-state index contributed by atoms with van der Waals surface area (Å²) in [4.78, 5) is 5.18. The van der Waals surface area contributed by atoms with Crippen LogP contribution in [0.2, 0.25) is 0 Å². The Hall–Kier alpha value is -0.900. The van der Waals surface area contributed by atoms with Gasteiger partial charge in [-0.05, 0) is 39.3 Å². The van der Waals surface area contributed by atoms with Crippen molar-refractivity contribution in [2.75, 3.05) is 32.7 Å². The van der Waals surface area contributed by atoms with Gasteiger partial charge < -0.3 is 5.73 Å². The highest BCUT2D eigenvalue weighted by Crippen LogP contribution is 2.26. The first-order valence-corrected chi connectivity index (χ1v) is 7.76. The summed E-state index contributed by atoms with van der Waals surface area (Å²) in [6.07, 6.45) is 1.04. The minimum atomic E-state index is 0.280. The van der Waals surface area contributed by atoms with Gasteiger partial charge in [-0.2, -0.15) is 0 Å². The van der Waals surface area contributed by atoms with E-state index in [2.05, 4.69) is 60.9 Å². The molecule has 0 amide bonds. The lowest BCUT2D eigenvalue weighted by molar-refractivity contribution is 0.0401. The van der Waals surface area contributed by atoms with Gasteiger partial charge in [0.05, 0.1) is 0 Å². The van der Waals surface area contributed by atoms with Gasteiger partial charge in [0.25, 0.3) is 0 Å². The van der Waals surface area contributed by atoms with Crippen LogP contribution in [0.5, 0.6) is 0 Å². The zero-order valence-corrected chi connectivity index (χ0v) is 13.2. The molecule has 3 nitrogen and oxygen atoms in total. The topological polar surface area (TPSA) is 32.5 Å². The maximum Gasteiger partial charge on any atom is 0.0361 e. The van der Waals surface area contributed by atoms with E-state index in [0.29, 0.717) is 6.04 Å². The largest absolute Gasteiger partial charge is 0.330 e. The van der Waals surface area contributed by atoms with Gasteiger partial charge in [-0.1, -0.05) is 30.3 Å². The van der Waals surface area contributed by atoms with Crippen molar-refractivity contribution in [1.29, 1.82) is 0 Å². The van der Waals surface area contributed by atoms with Crippen molar-refractivity contribution >= 4 is 0 Å². The summed E-state index contributed by atoms with van der Waals surface area (Å²) in [5, 5.41) is 0. The van der Waals surface area contributed by atoms with E-state index in [-0.39, 0.29) is 5.54 Å². The van der Waals surface area contributed by atoms with Crippen LogP contribution in [0.3, 0.4) is 0 Å². The van der Waals surface area contributed by atoms with Gasteiger partial charge in [0, 0.05) is 37.8 Å². The molecule has 1 aliphatic rings. The first kappa shape index (κ1) is 15.5. The standard InChI is InChI=1S/C17H29N3/c1-17(2,3)20-13-11-19(12-14-20)16(9-10-18)15-7-5-4-6-8-15/h4-8,16H,9-14,18H2,1-3H3. The molecule has 2 N–H and O–H groups in total. The average Bonchev–Trinajstić information content (AvgIpc) is 2.45. The second-order valence-electron chi connectivity index (χ2n) is 6.70. The fourth-order valence-corrected chi connectivity index (χ4v) is 3.10. The summed E-state index contributed by atoms with van der Waals surface area (Å²) in [7, 11) is 0. The molecule has 0 radical (unpaired) electrons. The predicted octanol–water partition coefficient (Wildman–Crippen LogP) is 2.49. The second kappa shape index (κ2) is 6.70. The van der Waals surface area contributed by atoms with Crippen molar-refractivity contribution in [2.24, 2.45) is 5.73 Å². The van der Waals surface area contributed by atoms with Gasteiger partial charge in [0.2, 0.25) is 0 Å². The quantitative estimate of drug-likeness (QED) is 0.916. The average molecular weight is 275 g/mol. The van der Waals surface area contributed by atoms with Crippen LogP contribution in [0, 0.1) is 0 Å². The van der Waals surface area contributed by atoms with E-state index in [1.165, 1.54) is 5.56 Å². The third-order valence-corrected chi connectivity index (χ3v) is 4.33. The summed E-state index contributed by atoms with van der Waals surface area (Å²) in [5.74, 6) is 0. The molecule has 0 spiro atoms. The maximum absolute atomic E-state index is 5.83. The van der Waals surface area contributed by atoms with Crippen molar-refractivity contribution < 1.29 is 0 Å². The Labute approximate surface area is 123 Å². The lowest BCUT2D eigenvalue weighted by Gasteiger charge is -2.44. The van der Waals surface area contributed by atoms with E-state index >= 15 is 0 Å². The van der Waals surface area contributed by atoms with E-state index in [9.17, 15) is 0 Å². The number of nitrogens with two attached hydrogens (primary N) is 1. The van der Waals surface area contributed by atoms with E-state index in [0.717, 1.165) is 39.1 Å². The third-order valence-electron chi connectivity index (χ3n) is 4.33. The number of piperazine rings is 1. The van der Waals surface area contributed by atoms with E-state index in [1.54, 1.807) is 0 Å². The predicted molar refractivity (Wildman–Crippen MR) is 85.8 cm³/mol. The Morgan fingerprint density at radius 2 is 1.65 bits per heavy atom. The van der Waals surface area contributed by atoms with Gasteiger partial charge >= 0.3 is 0 Å². The molecule has 20 heavy (non-hydrogen) atoms. The lowest BCUT2D eigenvalue weighted by atomic mass is 9.99. The van der Waals surface area contributed by atoms with E-state index in [1.807, 2.05) is 0 Å². The summed E-state index contributed by atoms with van der Waals surface area (Å²) >= 11 is 0. The number of hydrogen-bond donors (Lipinski definition) is 1. The van der Waals surface area contributed by atoms with Crippen LogP contribution in [0.15, 0.2) is 30.3 Å². The summed E-state index contributed by atoms with van der Waals surface area (Å²) < 4.78 is 0. The number of hydrogen-bond acceptors (Lipinski definition) is 3. The minimum Gasteiger partial charge on any atom is -0.330 e. The molecule has 0 bridgehead atoms. The Balaban J connectivity index is 2.02. The monoisotopic (exact) mass is 275 g/mol. The van der Waals surface area contributed by atoms with E-state index < -0.39 is 0 Å². The second-order valence-corrected chi connectivity index (χ2v) is 6.70. The Morgan fingerprint density at radius 3 is 2.15 bits per heavy atom. The smallest absolute Gasteiger partial charge is 0.0361 e. The normalized spacial score (nSPS) is 20.0. The first-order chi connectivity index (χ1) is 9.52. The van der Waals surface area contributed by atoms with Crippen molar-refractivity contribution in [2.45, 2.75) is 38.8 Å². The molecule has 1 aliphatic heterocycles. The fraction of sp³-hybridized carbons (Fsp3) is 0.647. The highest BCUT2D eigenvalue weighted by Gasteiger charge is 2.29. The van der Waals surface area contributed by atoms with Gasteiger partial charge in [-0.15, -0.1) is 0 Å². The SMILES string of the molecule is CC(C)(C)N1CCN(C(CCN)c2ccccc2)CC1. The first-order valence-electron chi connectivity index (χ1n) is 7.76. The van der Waals surface area contributed by atoms with Gasteiger partial charge in [-0.3, -0.25) is 9.80 Å². The highest BCUT2D eigenvalue weighted by molar-refractivity contribution is 5.19. The van der Waals surface area contributed by atoms with Crippen LogP contribution >= 0.6 is 0 Å². The minimum absolute atomic E-state index is 0.280. The maximum atomic E-state index is 5.83. The summed E-state index contributed by atoms with van der Waals surface area (Å²) in [5.41, 5.74) is 7.52. The molecule has 0 saturated carbocycles. The number of rotatable bonds is 4. The summed E-state index contributed by atoms with van der Waals surface area (Å²) in [6.45, 7) is 12.2. The fourth-order valence-electron chi connectivity index (χ4n) is 3.10. The van der Waals surface area contributed by atoms with Crippen molar-refractivity contribution in [3.63, 3.8) is 0 Å². The zero-order valence-electron chi connectivity index (χ0n) is 13.2. The molecule has 1 fully saturated rings. The summed E-state index contributed by atoms with van der Waals surface area (Å²) in [6, 6.07) is 11.3. The molecule has 1 saturated heterocycles. The Kier molecular flexibility index (Phi) is 5.19. The lowest BCUT2D eigenvalue weighted by Crippen LogP contribution is -2.54. The Bertz CT molecular complexity index is 388. The highest BCUT2D eigenvalue weighted by atomic mass is 15.3. The van der Waals surface area contributed by atoms with Crippen LogP contribution in [0.1, 0.15) is 38.8 Å². The van der Waals surface area contributed by atoms with E-state index in [4.69, 9.17) is 5.73 Å². The molecule has 3 heteroatoms. The zero-order chi connectivity index (χ0) is 14.6. The Morgan fingerprint density at radius 1 is 1.05 bits per heavy atom. The van der Waals surface area contributed by atoms with Crippen molar-refractivity contribution in [3.05, 3.63) is 35.9 Å². The van der Waals surface area contributed by atoms with Gasteiger partial charge in [-0.25, -0.2) is 0 Å². The van der Waals surface area contributed by atoms with Crippen LogP contribution in [-0.2, 0) is 0 Å². The van der Waals surface area contributed by atoms with Crippen molar-refractivity contribution in [1.82, 2.24) is 9.80 Å². The molecule has 1 heterocycles. The molecule has 2 rings (SSSR count). The number of benzene rings is 1. The van der Waals surface area contributed by atoms with Crippen molar-refractivity contribution in [3.8, 4) is 0 Å². The molecular weight excluding hydrogens is 246 g/mol. The molecule has 1 atom stereocenters.